The Morgan fingerprint density at radius 1 is 0.958 bits per heavy atom. The van der Waals surface area contributed by atoms with Crippen molar-refractivity contribution >= 4 is 40.7 Å². The van der Waals surface area contributed by atoms with Crippen LogP contribution in [0, 0.1) is 0 Å². The molecule has 0 heterocycles. The van der Waals surface area contributed by atoms with E-state index in [1.54, 1.807) is 47.4 Å². The van der Waals surface area contributed by atoms with E-state index >= 15 is 0 Å². The van der Waals surface area contributed by atoms with Gasteiger partial charge in [-0.2, -0.15) is 0 Å². The number of nitrogens with zero attached hydrogens (tertiary/aromatic N) is 1. The number of amides is 2. The number of carbonyl (C=O) groups excluding carboxylic acids is 2. The van der Waals surface area contributed by atoms with Crippen molar-refractivity contribution in [3.8, 4) is 0 Å². The van der Waals surface area contributed by atoms with E-state index in [2.05, 4.69) is 5.32 Å². The summed E-state index contributed by atoms with van der Waals surface area (Å²) in [7, 11) is 0. The van der Waals surface area contributed by atoms with Crippen molar-refractivity contribution in [2.24, 2.45) is 0 Å². The van der Waals surface area contributed by atoms with Crippen LogP contribution in [0.3, 0.4) is 0 Å². The van der Waals surface area contributed by atoms with E-state index in [0.717, 1.165) is 0 Å². The third-order valence-corrected chi connectivity index (χ3v) is 4.34. The molecule has 0 aromatic heterocycles. The van der Waals surface area contributed by atoms with Crippen molar-refractivity contribution in [1.29, 1.82) is 0 Å². The van der Waals surface area contributed by atoms with Crippen molar-refractivity contribution in [3.05, 3.63) is 63.6 Å². The molecule has 0 bridgehead atoms. The van der Waals surface area contributed by atoms with Crippen LogP contribution in [-0.2, 0) is 0 Å². The summed E-state index contributed by atoms with van der Waals surface area (Å²) in [6, 6.07) is 11.5. The highest BCUT2D eigenvalue weighted by atomic mass is 35.5. The molecule has 0 radical (unpaired) electrons. The molecule has 0 saturated heterocycles. The number of carbonyl (C=O) groups is 2. The third-order valence-electron chi connectivity index (χ3n) is 3.60. The van der Waals surface area contributed by atoms with Gasteiger partial charge in [0.2, 0.25) is 0 Å². The van der Waals surface area contributed by atoms with Crippen LogP contribution in [0.25, 0.3) is 0 Å². The molecule has 24 heavy (non-hydrogen) atoms. The molecule has 2 aromatic carbocycles. The average Bonchev–Trinajstić information content (AvgIpc) is 2.59. The molecule has 0 fully saturated rings. The molecule has 0 spiro atoms. The minimum Gasteiger partial charge on any atom is -0.339 e. The fraction of sp³-hybridized carbons (Fsp3) is 0.222. The number of hydrogen-bond acceptors (Lipinski definition) is 2. The smallest absolute Gasteiger partial charge is 0.255 e. The van der Waals surface area contributed by atoms with Gasteiger partial charge in [-0.25, -0.2) is 0 Å². The van der Waals surface area contributed by atoms with Gasteiger partial charge in [0.15, 0.2) is 0 Å². The molecule has 0 atom stereocenters. The Balaban J connectivity index is 2.19. The molecule has 1 N–H and O–H groups in total. The summed E-state index contributed by atoms with van der Waals surface area (Å²) in [6.07, 6.45) is 0. The highest BCUT2D eigenvalue weighted by Crippen LogP contribution is 2.25. The van der Waals surface area contributed by atoms with Crippen LogP contribution < -0.4 is 5.32 Å². The second-order valence-corrected chi connectivity index (χ2v) is 5.96. The van der Waals surface area contributed by atoms with E-state index in [9.17, 15) is 9.59 Å². The monoisotopic (exact) mass is 364 g/mol. The summed E-state index contributed by atoms with van der Waals surface area (Å²) in [5.74, 6) is -0.410. The first kappa shape index (κ1) is 18.3. The van der Waals surface area contributed by atoms with Crippen LogP contribution in [0.2, 0.25) is 10.0 Å². The topological polar surface area (TPSA) is 49.4 Å². The first-order valence-corrected chi connectivity index (χ1v) is 8.37. The second kappa shape index (κ2) is 8.18. The third kappa shape index (κ3) is 4.28. The van der Waals surface area contributed by atoms with Gasteiger partial charge in [-0.3, -0.25) is 9.59 Å². The molecular formula is C18H18Cl2N2O2. The molecule has 6 heteroatoms. The van der Waals surface area contributed by atoms with Crippen LogP contribution in [0.15, 0.2) is 42.5 Å². The molecule has 0 aliphatic heterocycles. The molecule has 4 nitrogen and oxygen atoms in total. The Morgan fingerprint density at radius 2 is 1.62 bits per heavy atom. The Hall–Kier alpha value is -2.04. The van der Waals surface area contributed by atoms with E-state index in [1.165, 1.54) is 0 Å². The Kier molecular flexibility index (Phi) is 6.23. The van der Waals surface area contributed by atoms with Gasteiger partial charge in [0.05, 0.1) is 10.0 Å². The Morgan fingerprint density at radius 3 is 2.25 bits per heavy atom. The van der Waals surface area contributed by atoms with Crippen molar-refractivity contribution < 1.29 is 9.59 Å². The molecule has 2 aromatic rings. The van der Waals surface area contributed by atoms with Gasteiger partial charge < -0.3 is 10.2 Å². The van der Waals surface area contributed by atoms with Crippen molar-refractivity contribution in [1.82, 2.24) is 4.90 Å². The second-order valence-electron chi connectivity index (χ2n) is 5.14. The number of hydrogen-bond donors (Lipinski definition) is 1. The van der Waals surface area contributed by atoms with Crippen molar-refractivity contribution in [2.75, 3.05) is 18.4 Å². The predicted octanol–water partition coefficient (Wildman–Crippen LogP) is 4.73. The van der Waals surface area contributed by atoms with Gasteiger partial charge in [-0.05, 0) is 50.2 Å². The average molecular weight is 365 g/mol. The number of nitrogens with one attached hydrogen (secondary N) is 1. The van der Waals surface area contributed by atoms with E-state index in [-0.39, 0.29) is 11.8 Å². The Bertz CT molecular complexity index is 758. The first-order chi connectivity index (χ1) is 11.5. The zero-order valence-electron chi connectivity index (χ0n) is 13.5. The SMILES string of the molecule is CCN(CC)C(=O)c1cccc(C(=O)Nc2ccc(Cl)c(Cl)c2)c1. The lowest BCUT2D eigenvalue weighted by atomic mass is 10.1. The molecule has 126 valence electrons. The van der Waals surface area contributed by atoms with E-state index in [0.29, 0.717) is 39.9 Å². The maximum Gasteiger partial charge on any atom is 0.255 e. The van der Waals surface area contributed by atoms with Crippen molar-refractivity contribution in [3.63, 3.8) is 0 Å². The van der Waals surface area contributed by atoms with E-state index < -0.39 is 0 Å². The number of rotatable bonds is 5. The van der Waals surface area contributed by atoms with Crippen LogP contribution in [0.5, 0.6) is 0 Å². The summed E-state index contributed by atoms with van der Waals surface area (Å²) < 4.78 is 0. The quantitative estimate of drug-likeness (QED) is 0.833. The summed E-state index contributed by atoms with van der Waals surface area (Å²) >= 11 is 11.8. The fourth-order valence-corrected chi connectivity index (χ4v) is 2.56. The minimum absolute atomic E-state index is 0.0933. The largest absolute Gasteiger partial charge is 0.339 e. The predicted molar refractivity (Wildman–Crippen MR) is 98.1 cm³/mol. The maximum atomic E-state index is 12.4. The summed E-state index contributed by atoms with van der Waals surface area (Å²) in [6.45, 7) is 5.08. The van der Waals surface area contributed by atoms with Gasteiger partial charge >= 0.3 is 0 Å². The molecule has 0 aliphatic rings. The minimum atomic E-state index is -0.317. The highest BCUT2D eigenvalue weighted by molar-refractivity contribution is 6.42. The van der Waals surface area contributed by atoms with E-state index in [4.69, 9.17) is 23.2 Å². The van der Waals surface area contributed by atoms with Gasteiger partial charge in [0, 0.05) is 29.9 Å². The number of halogens is 2. The molecule has 0 saturated carbocycles. The molecule has 2 amide bonds. The van der Waals surface area contributed by atoms with Gasteiger partial charge in [0.25, 0.3) is 11.8 Å². The maximum absolute atomic E-state index is 12.4. The molecular weight excluding hydrogens is 347 g/mol. The van der Waals surface area contributed by atoms with Gasteiger partial charge in [0.1, 0.15) is 0 Å². The fourth-order valence-electron chi connectivity index (χ4n) is 2.26. The lowest BCUT2D eigenvalue weighted by Crippen LogP contribution is -2.30. The van der Waals surface area contributed by atoms with Crippen LogP contribution in [-0.4, -0.2) is 29.8 Å². The molecule has 0 unspecified atom stereocenters. The standard InChI is InChI=1S/C18H18Cl2N2O2/c1-3-22(4-2)18(24)13-7-5-6-12(10-13)17(23)21-14-8-9-15(19)16(20)11-14/h5-11H,3-4H2,1-2H3,(H,21,23). The summed E-state index contributed by atoms with van der Waals surface area (Å²) in [4.78, 5) is 26.5. The zero-order chi connectivity index (χ0) is 17.7. The normalized spacial score (nSPS) is 10.3. The van der Waals surface area contributed by atoms with Crippen LogP contribution >= 0.6 is 23.2 Å². The lowest BCUT2D eigenvalue weighted by molar-refractivity contribution is 0.0773. The Labute approximate surface area is 151 Å². The molecule has 0 aliphatic carbocycles. The highest BCUT2D eigenvalue weighted by Gasteiger charge is 2.15. The molecule has 2 rings (SSSR count). The number of benzene rings is 2. The summed E-state index contributed by atoms with van der Waals surface area (Å²) in [5.41, 5.74) is 1.43. The summed E-state index contributed by atoms with van der Waals surface area (Å²) in [5, 5.41) is 3.52. The van der Waals surface area contributed by atoms with E-state index in [1.807, 2.05) is 13.8 Å². The van der Waals surface area contributed by atoms with Crippen LogP contribution in [0.4, 0.5) is 5.69 Å². The van der Waals surface area contributed by atoms with Gasteiger partial charge in [-0.15, -0.1) is 0 Å². The van der Waals surface area contributed by atoms with Crippen molar-refractivity contribution in [2.45, 2.75) is 13.8 Å². The van der Waals surface area contributed by atoms with Gasteiger partial charge in [-0.1, -0.05) is 29.3 Å². The first-order valence-electron chi connectivity index (χ1n) is 7.62. The number of anilines is 1. The lowest BCUT2D eigenvalue weighted by Gasteiger charge is -2.18. The van der Waals surface area contributed by atoms with Crippen LogP contribution in [0.1, 0.15) is 34.6 Å². The zero-order valence-corrected chi connectivity index (χ0v) is 15.0.